The van der Waals surface area contributed by atoms with E-state index in [1.54, 1.807) is 0 Å². The first kappa shape index (κ1) is 40.9. The van der Waals surface area contributed by atoms with Crippen molar-refractivity contribution in [3.8, 4) is 0 Å². The van der Waals surface area contributed by atoms with Crippen LogP contribution < -0.4 is 21.2 Å². The van der Waals surface area contributed by atoms with E-state index in [1.165, 1.54) is 43.9 Å². The van der Waals surface area contributed by atoms with E-state index in [0.717, 1.165) is 0 Å². The summed E-state index contributed by atoms with van der Waals surface area (Å²) in [5.74, 6) is 1.45. The van der Waals surface area contributed by atoms with Gasteiger partial charge in [0.25, 0.3) is 0 Å². The molecule has 0 fully saturated rings. The summed E-state index contributed by atoms with van der Waals surface area (Å²) in [6, 6.07) is 64.4. The van der Waals surface area contributed by atoms with Crippen LogP contribution in [0.4, 0.5) is 0 Å². The molecule has 6 aromatic carbocycles. The predicted molar refractivity (Wildman–Crippen MR) is 222 cm³/mol. The van der Waals surface area contributed by atoms with Crippen LogP contribution in [0.25, 0.3) is 0 Å². The zero-order chi connectivity index (χ0) is 34.4. The maximum atomic E-state index is 2.43. The average molecular weight is 795 g/mol. The summed E-state index contributed by atoms with van der Waals surface area (Å²) in [4.78, 5) is 0. The fourth-order valence-electron chi connectivity index (χ4n) is 6.55. The quantitative estimate of drug-likeness (QED) is 0.0818. The second-order valence-corrected chi connectivity index (χ2v) is 17.2. The molecule has 0 N–H and O–H groups in total. The van der Waals surface area contributed by atoms with Gasteiger partial charge in [-0.05, 0) is 34.8 Å². The Morgan fingerprint density at radius 1 is 0.519 bits per heavy atom. The van der Waals surface area contributed by atoms with E-state index >= 15 is 0 Å². The Morgan fingerprint density at radius 2 is 0.923 bits per heavy atom. The molecule has 52 heavy (non-hydrogen) atoms. The Labute approximate surface area is 335 Å². The molecule has 0 saturated heterocycles. The normalized spacial score (nSPS) is 15.2. The molecule has 0 nitrogen and oxygen atoms in total. The molecule has 2 unspecified atom stereocenters. The summed E-state index contributed by atoms with van der Waals surface area (Å²) < 4.78 is 0. The molecule has 0 aromatic heterocycles. The van der Waals surface area contributed by atoms with Crippen molar-refractivity contribution in [2.75, 3.05) is 0 Å². The molecule has 8 rings (SSSR count). The van der Waals surface area contributed by atoms with Crippen LogP contribution in [0, 0.1) is 12.3 Å². The largest absolute Gasteiger partial charge is 2.00 e. The molecular formula is C48H44Fe2P2. The molecule has 0 amide bonds. The van der Waals surface area contributed by atoms with Crippen LogP contribution in [-0.2, 0) is 34.1 Å². The molecule has 6 aromatic rings. The zero-order valence-corrected chi connectivity index (χ0v) is 33.5. The second-order valence-electron chi connectivity index (χ2n) is 12.1. The van der Waals surface area contributed by atoms with Crippen molar-refractivity contribution in [3.05, 3.63) is 241 Å². The van der Waals surface area contributed by atoms with Gasteiger partial charge in [-0.1, -0.05) is 161 Å². The Bertz CT molecular complexity index is 1800. The molecule has 0 heterocycles. The standard InChI is InChI=1S/C38H34P2.2C5H5.2Fe/c1-29(39(31-17-7-3-8-18-31)32-19-9-4-10-20-32)35-25-15-27-37(35)38-28-16-26-36(38)30(2)40(33-21-11-5-12-22-33)34-23-13-6-14-24-34;2*1-2-4-5-3-1;;/h3-30H,1-2H3;2*1-5H;;/q-2;2*-1;2*+2. The minimum Gasteiger partial charge on any atom is -0.290 e. The van der Waals surface area contributed by atoms with E-state index in [4.69, 9.17) is 0 Å². The predicted octanol–water partition coefficient (Wildman–Crippen LogP) is 11.0. The minimum absolute atomic E-state index is 0. The molecule has 262 valence electrons. The third kappa shape index (κ3) is 10.6. The fraction of sp³-hybridized carbons (Fsp3) is 0.0833. The Hall–Kier alpha value is -3.82. The Morgan fingerprint density at radius 3 is 1.31 bits per heavy atom. The van der Waals surface area contributed by atoms with E-state index < -0.39 is 15.8 Å². The van der Waals surface area contributed by atoms with Crippen LogP contribution in [-0.4, -0.2) is 11.3 Å². The first-order valence-electron chi connectivity index (χ1n) is 17.4. The maximum Gasteiger partial charge on any atom is 2.00 e. The number of benzene rings is 4. The van der Waals surface area contributed by atoms with Gasteiger partial charge >= 0.3 is 34.1 Å². The third-order valence-electron chi connectivity index (χ3n) is 8.91. The maximum absolute atomic E-state index is 2.43. The van der Waals surface area contributed by atoms with Crippen LogP contribution in [0.15, 0.2) is 229 Å². The first-order chi connectivity index (χ1) is 24.7. The molecule has 2 aliphatic rings. The Kier molecular flexibility index (Phi) is 17.0. The average Bonchev–Trinajstić information content (AvgIpc) is 4.03. The van der Waals surface area contributed by atoms with Crippen LogP contribution in [0.5, 0.6) is 0 Å². The SMILES string of the molecule is CC(C1=CC=CC1=C1[CH-]C=C[C-]1C(C)P(c1ccccc1)c1ccccc1)P(c1ccccc1)c1ccccc1.[Fe+2].[Fe+2].c1cc[cH-]c1.c1cc[cH-]c1. The van der Waals surface area contributed by atoms with Crippen molar-refractivity contribution < 1.29 is 34.1 Å². The van der Waals surface area contributed by atoms with Gasteiger partial charge in [0, 0.05) is 0 Å². The minimum atomic E-state index is -0.560. The molecule has 2 aliphatic carbocycles. The van der Waals surface area contributed by atoms with Gasteiger partial charge in [-0.2, -0.15) is 42.0 Å². The van der Waals surface area contributed by atoms with Crippen LogP contribution in [0.3, 0.4) is 0 Å². The van der Waals surface area contributed by atoms with Gasteiger partial charge in [0.05, 0.1) is 0 Å². The fourth-order valence-corrected chi connectivity index (χ4v) is 11.9. The summed E-state index contributed by atoms with van der Waals surface area (Å²) in [6.45, 7) is 4.86. The zero-order valence-electron chi connectivity index (χ0n) is 29.5. The van der Waals surface area contributed by atoms with Gasteiger partial charge in [0.1, 0.15) is 0 Å². The molecule has 4 heteroatoms. The molecule has 0 bridgehead atoms. The topological polar surface area (TPSA) is 0 Å². The smallest absolute Gasteiger partial charge is 0.290 e. The van der Waals surface area contributed by atoms with Crippen LogP contribution in [0.2, 0.25) is 0 Å². The molecule has 2 atom stereocenters. The van der Waals surface area contributed by atoms with Gasteiger partial charge in [0.15, 0.2) is 0 Å². The van der Waals surface area contributed by atoms with Gasteiger partial charge in [-0.25, -0.2) is 36.8 Å². The molecule has 0 spiro atoms. The number of hydrogen-bond donors (Lipinski definition) is 0. The number of hydrogen-bond acceptors (Lipinski definition) is 0. The summed E-state index contributed by atoms with van der Waals surface area (Å²) in [5, 5.41) is 5.71. The molecule has 0 aliphatic heterocycles. The van der Waals surface area contributed by atoms with Crippen LogP contribution >= 0.6 is 15.8 Å². The molecule has 0 radical (unpaired) electrons. The van der Waals surface area contributed by atoms with Crippen LogP contribution in [0.1, 0.15) is 13.8 Å². The van der Waals surface area contributed by atoms with E-state index in [-0.39, 0.29) is 34.1 Å². The van der Waals surface area contributed by atoms with E-state index in [9.17, 15) is 0 Å². The Balaban J connectivity index is 0.000000436. The summed E-state index contributed by atoms with van der Waals surface area (Å²) in [5.41, 5.74) is 4.98. The number of rotatable bonds is 8. The van der Waals surface area contributed by atoms with Gasteiger partial charge in [-0.3, -0.25) is 17.6 Å². The summed E-state index contributed by atoms with van der Waals surface area (Å²) in [6.07, 6.45) is 13.9. The summed E-state index contributed by atoms with van der Waals surface area (Å²) in [7, 11) is -1.12. The summed E-state index contributed by atoms with van der Waals surface area (Å²) >= 11 is 0. The molecular weight excluding hydrogens is 750 g/mol. The van der Waals surface area contributed by atoms with Crippen molar-refractivity contribution >= 4 is 37.1 Å². The van der Waals surface area contributed by atoms with Crippen molar-refractivity contribution in [2.24, 2.45) is 0 Å². The van der Waals surface area contributed by atoms with E-state index in [2.05, 4.69) is 172 Å². The third-order valence-corrected chi connectivity index (χ3v) is 14.4. The first-order valence-corrected chi connectivity index (χ1v) is 20.2. The van der Waals surface area contributed by atoms with Crippen molar-refractivity contribution in [1.82, 2.24) is 0 Å². The van der Waals surface area contributed by atoms with Crippen molar-refractivity contribution in [1.29, 1.82) is 0 Å². The van der Waals surface area contributed by atoms with Crippen molar-refractivity contribution in [2.45, 2.75) is 25.2 Å². The monoisotopic (exact) mass is 794 g/mol. The van der Waals surface area contributed by atoms with Gasteiger partial charge in [0.2, 0.25) is 0 Å². The number of allylic oxidation sites excluding steroid dienone is 8. The second kappa shape index (κ2) is 21.6. The van der Waals surface area contributed by atoms with E-state index in [1.807, 2.05) is 60.7 Å². The van der Waals surface area contributed by atoms with Gasteiger partial charge in [-0.15, -0.1) is 11.6 Å². The van der Waals surface area contributed by atoms with Crippen molar-refractivity contribution in [3.63, 3.8) is 0 Å². The molecule has 0 saturated carbocycles. The van der Waals surface area contributed by atoms with E-state index in [0.29, 0.717) is 11.3 Å². The van der Waals surface area contributed by atoms with Gasteiger partial charge < -0.3 is 0 Å².